The minimum Gasteiger partial charge on any atom is -0.491 e. The van der Waals surface area contributed by atoms with Crippen LogP contribution in [0.2, 0.25) is 0 Å². The number of aryl methyl sites for hydroxylation is 3. The standard InChI is InChI=1S/C15H21N3O2/c1-11-6-4-5-7-15(11)20-10-13(19)8-16-14-9-18(3)17-12(14)2/h4-7,9,13,16,19H,8,10H2,1-3H3. The normalized spacial score (nSPS) is 12.2. The third-order valence-electron chi connectivity index (χ3n) is 3.07. The number of hydrogen-bond acceptors (Lipinski definition) is 4. The molecule has 0 saturated heterocycles. The van der Waals surface area contributed by atoms with Crippen LogP contribution in [0.1, 0.15) is 11.3 Å². The van der Waals surface area contributed by atoms with E-state index in [2.05, 4.69) is 10.4 Å². The lowest BCUT2D eigenvalue weighted by molar-refractivity contribution is 0.117. The first kappa shape index (κ1) is 14.4. The molecule has 0 fully saturated rings. The minimum atomic E-state index is -0.575. The number of hydrogen-bond donors (Lipinski definition) is 2. The average Bonchev–Trinajstić information content (AvgIpc) is 2.74. The summed E-state index contributed by atoms with van der Waals surface area (Å²) in [6.07, 6.45) is 1.32. The number of aromatic nitrogens is 2. The smallest absolute Gasteiger partial charge is 0.122 e. The number of benzene rings is 1. The Hall–Kier alpha value is -2.01. The van der Waals surface area contributed by atoms with E-state index in [9.17, 15) is 5.11 Å². The van der Waals surface area contributed by atoms with Crippen LogP contribution < -0.4 is 10.1 Å². The molecule has 0 aliphatic heterocycles. The van der Waals surface area contributed by atoms with E-state index in [1.807, 2.05) is 51.4 Å². The molecule has 20 heavy (non-hydrogen) atoms. The Labute approximate surface area is 119 Å². The molecule has 2 N–H and O–H groups in total. The van der Waals surface area contributed by atoms with Gasteiger partial charge in [0, 0.05) is 19.8 Å². The Balaban J connectivity index is 1.80. The number of nitrogens with one attached hydrogen (secondary N) is 1. The fourth-order valence-electron chi connectivity index (χ4n) is 1.96. The highest BCUT2D eigenvalue weighted by Crippen LogP contribution is 2.16. The molecule has 1 atom stereocenters. The highest BCUT2D eigenvalue weighted by molar-refractivity contribution is 5.45. The molecule has 5 nitrogen and oxygen atoms in total. The minimum absolute atomic E-state index is 0.261. The second kappa shape index (κ2) is 6.43. The molecule has 0 spiro atoms. The van der Waals surface area contributed by atoms with E-state index in [1.54, 1.807) is 4.68 Å². The maximum Gasteiger partial charge on any atom is 0.122 e. The van der Waals surface area contributed by atoms with Gasteiger partial charge in [-0.05, 0) is 25.5 Å². The Morgan fingerprint density at radius 2 is 2.10 bits per heavy atom. The second-order valence-corrected chi connectivity index (χ2v) is 4.91. The molecule has 0 saturated carbocycles. The van der Waals surface area contributed by atoms with Gasteiger partial charge in [0.1, 0.15) is 18.5 Å². The summed E-state index contributed by atoms with van der Waals surface area (Å²) in [5, 5.41) is 17.4. The molecule has 0 aliphatic rings. The maximum atomic E-state index is 9.95. The van der Waals surface area contributed by atoms with Crippen LogP contribution >= 0.6 is 0 Å². The molecule has 108 valence electrons. The summed E-state index contributed by atoms with van der Waals surface area (Å²) in [4.78, 5) is 0. The molecule has 1 aromatic carbocycles. The van der Waals surface area contributed by atoms with Gasteiger partial charge in [0.05, 0.1) is 11.4 Å². The lowest BCUT2D eigenvalue weighted by atomic mass is 10.2. The molecule has 0 bridgehead atoms. The molecular weight excluding hydrogens is 254 g/mol. The number of anilines is 1. The summed E-state index contributed by atoms with van der Waals surface area (Å²) in [7, 11) is 1.87. The van der Waals surface area contributed by atoms with Gasteiger partial charge in [-0.25, -0.2) is 0 Å². The fourth-order valence-corrected chi connectivity index (χ4v) is 1.96. The van der Waals surface area contributed by atoms with Gasteiger partial charge in [0.2, 0.25) is 0 Å². The number of aliphatic hydroxyl groups excluding tert-OH is 1. The monoisotopic (exact) mass is 275 g/mol. The van der Waals surface area contributed by atoms with Gasteiger partial charge < -0.3 is 15.2 Å². The number of ether oxygens (including phenoxy) is 1. The van der Waals surface area contributed by atoms with Crippen LogP contribution in [0.4, 0.5) is 5.69 Å². The van der Waals surface area contributed by atoms with Crippen molar-refractivity contribution in [3.8, 4) is 5.75 Å². The quantitative estimate of drug-likeness (QED) is 0.845. The predicted molar refractivity (Wildman–Crippen MR) is 79.1 cm³/mol. The van der Waals surface area contributed by atoms with Crippen molar-refractivity contribution in [3.05, 3.63) is 41.7 Å². The summed E-state index contributed by atoms with van der Waals surface area (Å²) in [5.41, 5.74) is 2.91. The lowest BCUT2D eigenvalue weighted by Gasteiger charge is -2.14. The highest BCUT2D eigenvalue weighted by Gasteiger charge is 2.08. The van der Waals surface area contributed by atoms with Crippen molar-refractivity contribution in [3.63, 3.8) is 0 Å². The van der Waals surface area contributed by atoms with Crippen LogP contribution in [-0.4, -0.2) is 34.1 Å². The summed E-state index contributed by atoms with van der Waals surface area (Å²) in [6, 6.07) is 7.77. The van der Waals surface area contributed by atoms with E-state index in [0.717, 1.165) is 22.7 Å². The summed E-state index contributed by atoms with van der Waals surface area (Å²) in [5.74, 6) is 0.809. The molecule has 2 rings (SSSR count). The van der Waals surface area contributed by atoms with E-state index in [-0.39, 0.29) is 6.61 Å². The van der Waals surface area contributed by atoms with E-state index in [0.29, 0.717) is 6.54 Å². The summed E-state index contributed by atoms with van der Waals surface area (Å²) >= 11 is 0. The first-order valence-electron chi connectivity index (χ1n) is 6.67. The average molecular weight is 275 g/mol. The molecule has 1 unspecified atom stereocenters. The summed E-state index contributed by atoms with van der Waals surface area (Å²) < 4.78 is 7.36. The largest absolute Gasteiger partial charge is 0.491 e. The van der Waals surface area contributed by atoms with Crippen molar-refractivity contribution in [2.75, 3.05) is 18.5 Å². The van der Waals surface area contributed by atoms with Crippen LogP contribution in [0.5, 0.6) is 5.75 Å². The van der Waals surface area contributed by atoms with Crippen molar-refractivity contribution >= 4 is 5.69 Å². The number of para-hydroxylation sites is 1. The first-order chi connectivity index (χ1) is 9.56. The molecule has 1 aromatic heterocycles. The van der Waals surface area contributed by atoms with E-state index < -0.39 is 6.10 Å². The van der Waals surface area contributed by atoms with Gasteiger partial charge in [-0.1, -0.05) is 18.2 Å². The third kappa shape index (κ3) is 3.74. The van der Waals surface area contributed by atoms with Gasteiger partial charge in [0.25, 0.3) is 0 Å². The van der Waals surface area contributed by atoms with Crippen LogP contribution in [-0.2, 0) is 7.05 Å². The molecular formula is C15H21N3O2. The number of aliphatic hydroxyl groups is 1. The predicted octanol–water partition coefficient (Wildman–Crippen LogP) is 1.89. The topological polar surface area (TPSA) is 59.3 Å². The van der Waals surface area contributed by atoms with Crippen molar-refractivity contribution in [2.24, 2.45) is 7.05 Å². The van der Waals surface area contributed by atoms with Gasteiger partial charge >= 0.3 is 0 Å². The SMILES string of the molecule is Cc1ccccc1OCC(O)CNc1cn(C)nc1C. The third-order valence-corrected chi connectivity index (χ3v) is 3.07. The maximum absolute atomic E-state index is 9.95. The Morgan fingerprint density at radius 1 is 1.35 bits per heavy atom. The number of nitrogens with zero attached hydrogens (tertiary/aromatic N) is 2. The zero-order valence-corrected chi connectivity index (χ0v) is 12.1. The van der Waals surface area contributed by atoms with Gasteiger partial charge in [-0.2, -0.15) is 5.10 Å². The van der Waals surface area contributed by atoms with Gasteiger partial charge in [-0.15, -0.1) is 0 Å². The van der Waals surface area contributed by atoms with Gasteiger partial charge in [0.15, 0.2) is 0 Å². The first-order valence-corrected chi connectivity index (χ1v) is 6.67. The van der Waals surface area contributed by atoms with Crippen LogP contribution in [0.3, 0.4) is 0 Å². The van der Waals surface area contributed by atoms with Gasteiger partial charge in [-0.3, -0.25) is 4.68 Å². The molecule has 5 heteroatoms. The fraction of sp³-hybridized carbons (Fsp3) is 0.400. The van der Waals surface area contributed by atoms with E-state index >= 15 is 0 Å². The zero-order chi connectivity index (χ0) is 14.5. The molecule has 0 aliphatic carbocycles. The molecule has 0 radical (unpaired) electrons. The molecule has 1 heterocycles. The molecule has 2 aromatic rings. The second-order valence-electron chi connectivity index (χ2n) is 4.91. The van der Waals surface area contributed by atoms with Crippen molar-refractivity contribution < 1.29 is 9.84 Å². The van der Waals surface area contributed by atoms with E-state index in [1.165, 1.54) is 0 Å². The highest BCUT2D eigenvalue weighted by atomic mass is 16.5. The van der Waals surface area contributed by atoms with Crippen LogP contribution in [0.25, 0.3) is 0 Å². The Bertz CT molecular complexity index is 566. The van der Waals surface area contributed by atoms with Crippen LogP contribution in [0.15, 0.2) is 30.5 Å². The Kier molecular flexibility index (Phi) is 4.63. The summed E-state index contributed by atoms with van der Waals surface area (Å²) in [6.45, 7) is 4.60. The van der Waals surface area contributed by atoms with Crippen molar-refractivity contribution in [2.45, 2.75) is 20.0 Å². The van der Waals surface area contributed by atoms with Crippen LogP contribution in [0, 0.1) is 13.8 Å². The van der Waals surface area contributed by atoms with Crippen molar-refractivity contribution in [1.82, 2.24) is 9.78 Å². The lowest BCUT2D eigenvalue weighted by Crippen LogP contribution is -2.26. The van der Waals surface area contributed by atoms with Crippen molar-refractivity contribution in [1.29, 1.82) is 0 Å². The molecule has 0 amide bonds. The van der Waals surface area contributed by atoms with E-state index in [4.69, 9.17) is 4.74 Å². The number of rotatable bonds is 6. The Morgan fingerprint density at radius 3 is 2.75 bits per heavy atom. The zero-order valence-electron chi connectivity index (χ0n) is 12.1.